The molecule has 0 saturated carbocycles. The molecule has 118 valence electrons. The highest BCUT2D eigenvalue weighted by molar-refractivity contribution is 5.68. The van der Waals surface area contributed by atoms with Crippen LogP contribution in [0.2, 0.25) is 0 Å². The van der Waals surface area contributed by atoms with Gasteiger partial charge in [0, 0.05) is 25.3 Å². The van der Waals surface area contributed by atoms with Crippen LogP contribution in [0.5, 0.6) is 0 Å². The van der Waals surface area contributed by atoms with Gasteiger partial charge in [0.1, 0.15) is 0 Å². The molecule has 0 bridgehead atoms. The number of imidazole rings is 1. The van der Waals surface area contributed by atoms with E-state index in [9.17, 15) is 4.79 Å². The average Bonchev–Trinajstić information content (AvgIpc) is 2.87. The van der Waals surface area contributed by atoms with Gasteiger partial charge in [-0.15, -0.1) is 0 Å². The Morgan fingerprint density at radius 2 is 2.38 bits per heavy atom. The third-order valence-corrected chi connectivity index (χ3v) is 4.00. The summed E-state index contributed by atoms with van der Waals surface area (Å²) in [5, 5.41) is 11.7. The molecule has 0 amide bonds. The second kappa shape index (κ2) is 7.56. The fourth-order valence-corrected chi connectivity index (χ4v) is 2.99. The highest BCUT2D eigenvalue weighted by Crippen LogP contribution is 2.19. The number of likely N-dealkylation sites (tertiary alicyclic amines) is 1. The van der Waals surface area contributed by atoms with Gasteiger partial charge in [-0.05, 0) is 45.7 Å². The van der Waals surface area contributed by atoms with Gasteiger partial charge < -0.3 is 15.0 Å². The van der Waals surface area contributed by atoms with Crippen LogP contribution >= 0.6 is 0 Å². The molecule has 0 aromatic carbocycles. The van der Waals surface area contributed by atoms with Gasteiger partial charge in [0.2, 0.25) is 0 Å². The Labute approximate surface area is 126 Å². The third kappa shape index (κ3) is 4.82. The molecule has 6 heteroatoms. The predicted octanol–water partition coefficient (Wildman–Crippen LogP) is 1.35. The number of aromatic nitrogens is 2. The smallest absolute Gasteiger partial charge is 0.317 e. The number of carboxylic acid groups (broad SMARTS) is 1. The van der Waals surface area contributed by atoms with E-state index in [1.165, 1.54) is 18.5 Å². The van der Waals surface area contributed by atoms with Crippen molar-refractivity contribution < 1.29 is 9.90 Å². The number of aliphatic carboxylic acids is 1. The van der Waals surface area contributed by atoms with Crippen molar-refractivity contribution in [1.82, 2.24) is 19.8 Å². The molecule has 0 aliphatic carbocycles. The van der Waals surface area contributed by atoms with Crippen molar-refractivity contribution in [2.75, 3.05) is 26.2 Å². The van der Waals surface area contributed by atoms with Crippen LogP contribution in [0.3, 0.4) is 0 Å². The predicted molar refractivity (Wildman–Crippen MR) is 81.1 cm³/mol. The van der Waals surface area contributed by atoms with Gasteiger partial charge in [-0.3, -0.25) is 9.69 Å². The molecule has 2 heterocycles. The van der Waals surface area contributed by atoms with Crippen LogP contribution in [0.4, 0.5) is 0 Å². The Morgan fingerprint density at radius 1 is 1.57 bits per heavy atom. The summed E-state index contributed by atoms with van der Waals surface area (Å²) in [6, 6.07) is 0.431. The summed E-state index contributed by atoms with van der Waals surface area (Å²) >= 11 is 0. The normalized spacial score (nSPS) is 20.0. The Morgan fingerprint density at radius 3 is 3.10 bits per heavy atom. The van der Waals surface area contributed by atoms with Crippen LogP contribution in [0.15, 0.2) is 12.5 Å². The van der Waals surface area contributed by atoms with E-state index in [4.69, 9.17) is 5.11 Å². The third-order valence-electron chi connectivity index (χ3n) is 4.00. The Bertz CT molecular complexity index is 458. The fraction of sp³-hybridized carbons (Fsp3) is 0.733. The summed E-state index contributed by atoms with van der Waals surface area (Å²) in [7, 11) is 0. The van der Waals surface area contributed by atoms with E-state index in [2.05, 4.69) is 33.6 Å². The number of rotatable bonds is 7. The first kappa shape index (κ1) is 16.0. The summed E-state index contributed by atoms with van der Waals surface area (Å²) in [6.45, 7) is 8.23. The molecule has 1 aliphatic rings. The average molecular weight is 294 g/mol. The highest BCUT2D eigenvalue weighted by atomic mass is 16.4. The van der Waals surface area contributed by atoms with Gasteiger partial charge in [-0.1, -0.05) is 0 Å². The number of hydrogen-bond donors (Lipinski definition) is 2. The topological polar surface area (TPSA) is 70.4 Å². The van der Waals surface area contributed by atoms with Crippen molar-refractivity contribution in [3.63, 3.8) is 0 Å². The number of hydrogen-bond acceptors (Lipinski definition) is 4. The van der Waals surface area contributed by atoms with E-state index in [1.54, 1.807) is 0 Å². The first-order valence-corrected chi connectivity index (χ1v) is 7.72. The standard InChI is InChI=1S/C15H26N4O2/c1-12(2)19-11-17-7-14(19)10-18-5-3-4-13(9-18)6-16-8-15(20)21/h7,11-13,16H,3-6,8-10H2,1-2H3,(H,20,21). The maximum atomic E-state index is 10.5. The van der Waals surface area contributed by atoms with E-state index in [0.29, 0.717) is 12.0 Å². The second-order valence-corrected chi connectivity index (χ2v) is 6.15. The maximum Gasteiger partial charge on any atom is 0.317 e. The Balaban J connectivity index is 1.83. The van der Waals surface area contributed by atoms with Gasteiger partial charge in [-0.25, -0.2) is 4.98 Å². The molecule has 1 aliphatic heterocycles. The van der Waals surface area contributed by atoms with Crippen LogP contribution < -0.4 is 5.32 Å². The van der Waals surface area contributed by atoms with Crippen molar-refractivity contribution in [1.29, 1.82) is 0 Å². The van der Waals surface area contributed by atoms with Crippen molar-refractivity contribution >= 4 is 5.97 Å². The first-order valence-electron chi connectivity index (χ1n) is 7.72. The number of piperidine rings is 1. The molecule has 0 spiro atoms. The molecule has 2 rings (SSSR count). The quantitative estimate of drug-likeness (QED) is 0.794. The molecule has 1 aromatic heterocycles. The largest absolute Gasteiger partial charge is 0.480 e. The van der Waals surface area contributed by atoms with Gasteiger partial charge in [0.15, 0.2) is 0 Å². The van der Waals surface area contributed by atoms with Gasteiger partial charge in [0.25, 0.3) is 0 Å². The number of carboxylic acids is 1. The molecule has 0 radical (unpaired) electrons. The first-order chi connectivity index (χ1) is 10.1. The summed E-state index contributed by atoms with van der Waals surface area (Å²) in [4.78, 5) is 17.2. The summed E-state index contributed by atoms with van der Waals surface area (Å²) in [5.41, 5.74) is 1.25. The van der Waals surface area contributed by atoms with Crippen molar-refractivity contribution in [3.8, 4) is 0 Å². The summed E-state index contributed by atoms with van der Waals surface area (Å²) in [6.07, 6.45) is 6.20. The second-order valence-electron chi connectivity index (χ2n) is 6.15. The van der Waals surface area contributed by atoms with E-state index < -0.39 is 5.97 Å². The van der Waals surface area contributed by atoms with Crippen molar-refractivity contribution in [2.45, 2.75) is 39.3 Å². The van der Waals surface area contributed by atoms with E-state index in [0.717, 1.165) is 26.2 Å². The van der Waals surface area contributed by atoms with Crippen LogP contribution in [-0.4, -0.2) is 51.7 Å². The van der Waals surface area contributed by atoms with Gasteiger partial charge >= 0.3 is 5.97 Å². The lowest BCUT2D eigenvalue weighted by atomic mass is 9.98. The van der Waals surface area contributed by atoms with E-state index in [1.807, 2.05) is 12.5 Å². The van der Waals surface area contributed by atoms with Crippen LogP contribution in [0.25, 0.3) is 0 Å². The minimum absolute atomic E-state index is 0.0522. The SMILES string of the molecule is CC(C)n1cncc1CN1CCCC(CNCC(=O)O)C1. The van der Waals surface area contributed by atoms with Crippen LogP contribution in [-0.2, 0) is 11.3 Å². The lowest BCUT2D eigenvalue weighted by Gasteiger charge is -2.33. The van der Waals surface area contributed by atoms with E-state index >= 15 is 0 Å². The molecule has 1 unspecified atom stereocenters. The molecule has 1 atom stereocenters. The van der Waals surface area contributed by atoms with Crippen LogP contribution in [0, 0.1) is 5.92 Å². The lowest BCUT2D eigenvalue weighted by Crippen LogP contribution is -2.40. The number of carbonyl (C=O) groups is 1. The Hall–Kier alpha value is -1.40. The van der Waals surface area contributed by atoms with Crippen molar-refractivity contribution in [3.05, 3.63) is 18.2 Å². The molecule has 21 heavy (non-hydrogen) atoms. The molecule has 1 fully saturated rings. The van der Waals surface area contributed by atoms with Crippen molar-refractivity contribution in [2.24, 2.45) is 5.92 Å². The zero-order valence-corrected chi connectivity index (χ0v) is 13.0. The van der Waals surface area contributed by atoms with E-state index in [-0.39, 0.29) is 6.54 Å². The summed E-state index contributed by atoms with van der Waals surface area (Å²) in [5.74, 6) is -0.253. The highest BCUT2D eigenvalue weighted by Gasteiger charge is 2.21. The number of nitrogens with zero attached hydrogens (tertiary/aromatic N) is 3. The van der Waals surface area contributed by atoms with Crippen LogP contribution in [0.1, 0.15) is 38.4 Å². The summed E-state index contributed by atoms with van der Waals surface area (Å²) < 4.78 is 2.21. The molecule has 2 N–H and O–H groups in total. The molecule has 6 nitrogen and oxygen atoms in total. The lowest BCUT2D eigenvalue weighted by molar-refractivity contribution is -0.136. The molecule has 1 saturated heterocycles. The molecular formula is C15H26N4O2. The number of nitrogens with one attached hydrogen (secondary N) is 1. The monoisotopic (exact) mass is 294 g/mol. The molecule has 1 aromatic rings. The Kier molecular flexibility index (Phi) is 5.76. The van der Waals surface area contributed by atoms with Gasteiger partial charge in [-0.2, -0.15) is 0 Å². The zero-order chi connectivity index (χ0) is 15.2. The minimum atomic E-state index is -0.788. The fourth-order valence-electron chi connectivity index (χ4n) is 2.99. The van der Waals surface area contributed by atoms with Gasteiger partial charge in [0.05, 0.1) is 18.6 Å². The maximum absolute atomic E-state index is 10.5. The zero-order valence-electron chi connectivity index (χ0n) is 13.0. The minimum Gasteiger partial charge on any atom is -0.480 e. The molecular weight excluding hydrogens is 268 g/mol.